The molecule has 0 bridgehead atoms. The zero-order valence-electron chi connectivity index (χ0n) is 13.8. The first-order valence-electron chi connectivity index (χ1n) is 8.55. The van der Waals surface area contributed by atoms with Crippen LogP contribution in [0.2, 0.25) is 0 Å². The summed E-state index contributed by atoms with van der Waals surface area (Å²) in [5.41, 5.74) is 2.39. The summed E-state index contributed by atoms with van der Waals surface area (Å²) in [4.78, 5) is 9.06. The van der Waals surface area contributed by atoms with E-state index in [0.29, 0.717) is 12.0 Å². The van der Waals surface area contributed by atoms with E-state index >= 15 is 0 Å². The number of benzene rings is 1. The molecule has 0 saturated heterocycles. The number of aryl methyl sites for hydroxylation is 1. The van der Waals surface area contributed by atoms with Crippen LogP contribution in [0.25, 0.3) is 16.7 Å². The number of fused-ring (bicyclic) bond motifs is 1. The molecule has 0 radical (unpaired) electrons. The molecule has 0 atom stereocenters. The van der Waals surface area contributed by atoms with E-state index in [1.807, 2.05) is 12.1 Å². The van der Waals surface area contributed by atoms with Crippen molar-refractivity contribution in [2.24, 2.45) is 0 Å². The molecule has 24 heavy (non-hydrogen) atoms. The van der Waals surface area contributed by atoms with Gasteiger partial charge in [-0.25, -0.2) is 4.98 Å². The second-order valence-corrected chi connectivity index (χ2v) is 6.59. The SMILES string of the molecule is Cc1cn(-c2ccnc(NC3CCC(O)CC3)n2)c2ccccc12. The number of nitrogens with zero attached hydrogens (tertiary/aromatic N) is 3. The maximum Gasteiger partial charge on any atom is 0.224 e. The molecule has 1 aliphatic carbocycles. The van der Waals surface area contributed by atoms with E-state index in [1.165, 1.54) is 10.9 Å². The second kappa shape index (κ2) is 6.24. The third kappa shape index (κ3) is 2.87. The summed E-state index contributed by atoms with van der Waals surface area (Å²) in [6.07, 6.45) is 7.38. The fraction of sp³-hybridized carbons (Fsp3) is 0.368. The van der Waals surface area contributed by atoms with Gasteiger partial charge in [-0.05, 0) is 50.3 Å². The van der Waals surface area contributed by atoms with Crippen LogP contribution in [0.5, 0.6) is 0 Å². The van der Waals surface area contributed by atoms with Crippen LogP contribution in [0.1, 0.15) is 31.2 Å². The minimum Gasteiger partial charge on any atom is -0.393 e. The number of aromatic nitrogens is 3. The molecule has 5 heteroatoms. The molecular formula is C19H22N4O. The van der Waals surface area contributed by atoms with E-state index in [-0.39, 0.29) is 6.10 Å². The molecule has 5 nitrogen and oxygen atoms in total. The van der Waals surface area contributed by atoms with E-state index < -0.39 is 0 Å². The molecule has 2 N–H and O–H groups in total. The summed E-state index contributed by atoms with van der Waals surface area (Å²) in [5.74, 6) is 1.52. The van der Waals surface area contributed by atoms with Crippen molar-refractivity contribution in [3.63, 3.8) is 0 Å². The lowest BCUT2D eigenvalue weighted by molar-refractivity contribution is 0.126. The number of anilines is 1. The Morgan fingerprint density at radius 3 is 2.75 bits per heavy atom. The van der Waals surface area contributed by atoms with Crippen molar-refractivity contribution >= 4 is 16.9 Å². The number of hydrogen-bond acceptors (Lipinski definition) is 4. The first-order valence-corrected chi connectivity index (χ1v) is 8.55. The topological polar surface area (TPSA) is 63.0 Å². The molecule has 0 unspecified atom stereocenters. The van der Waals surface area contributed by atoms with Crippen molar-refractivity contribution in [2.75, 3.05) is 5.32 Å². The first-order chi connectivity index (χ1) is 11.7. The van der Waals surface area contributed by atoms with Crippen LogP contribution in [0.3, 0.4) is 0 Å². The molecule has 124 valence electrons. The highest BCUT2D eigenvalue weighted by Gasteiger charge is 2.20. The third-order valence-corrected chi connectivity index (χ3v) is 4.83. The summed E-state index contributed by atoms with van der Waals surface area (Å²) in [6.45, 7) is 2.12. The zero-order chi connectivity index (χ0) is 16.5. The van der Waals surface area contributed by atoms with Crippen molar-refractivity contribution in [1.29, 1.82) is 0 Å². The Kier molecular flexibility index (Phi) is 3.94. The Morgan fingerprint density at radius 1 is 1.12 bits per heavy atom. The molecule has 4 rings (SSSR count). The van der Waals surface area contributed by atoms with Gasteiger partial charge >= 0.3 is 0 Å². The molecule has 1 saturated carbocycles. The van der Waals surface area contributed by atoms with Crippen molar-refractivity contribution in [3.05, 3.63) is 48.3 Å². The van der Waals surface area contributed by atoms with Crippen molar-refractivity contribution < 1.29 is 5.11 Å². The van der Waals surface area contributed by atoms with E-state index in [4.69, 9.17) is 4.98 Å². The maximum atomic E-state index is 9.63. The fourth-order valence-corrected chi connectivity index (χ4v) is 3.50. The second-order valence-electron chi connectivity index (χ2n) is 6.59. The lowest BCUT2D eigenvalue weighted by Crippen LogP contribution is -2.29. The fourth-order valence-electron chi connectivity index (χ4n) is 3.50. The van der Waals surface area contributed by atoms with E-state index in [1.54, 1.807) is 6.20 Å². The van der Waals surface area contributed by atoms with Crippen LogP contribution in [0, 0.1) is 6.92 Å². The van der Waals surface area contributed by atoms with Crippen LogP contribution in [0.15, 0.2) is 42.7 Å². The summed E-state index contributed by atoms with van der Waals surface area (Å²) >= 11 is 0. The van der Waals surface area contributed by atoms with Gasteiger partial charge in [-0.1, -0.05) is 18.2 Å². The number of rotatable bonds is 3. The highest BCUT2D eigenvalue weighted by Crippen LogP contribution is 2.24. The quantitative estimate of drug-likeness (QED) is 0.775. The number of aliphatic hydroxyl groups excluding tert-OH is 1. The van der Waals surface area contributed by atoms with Gasteiger partial charge in [0.2, 0.25) is 5.95 Å². The minimum atomic E-state index is -0.149. The molecule has 0 amide bonds. The van der Waals surface area contributed by atoms with Crippen LogP contribution < -0.4 is 5.32 Å². The predicted octanol–water partition coefficient (Wildman–Crippen LogP) is 3.44. The Balaban J connectivity index is 1.62. The number of hydrogen-bond donors (Lipinski definition) is 2. The molecule has 1 aromatic carbocycles. The van der Waals surface area contributed by atoms with Crippen LogP contribution in [-0.4, -0.2) is 31.8 Å². The number of aliphatic hydroxyl groups is 1. The van der Waals surface area contributed by atoms with Crippen LogP contribution in [-0.2, 0) is 0 Å². The summed E-state index contributed by atoms with van der Waals surface area (Å²) in [5, 5.41) is 14.3. The monoisotopic (exact) mass is 322 g/mol. The molecule has 0 aliphatic heterocycles. The van der Waals surface area contributed by atoms with Gasteiger partial charge in [0.1, 0.15) is 5.82 Å². The molecule has 1 aliphatic rings. The molecule has 1 fully saturated rings. The van der Waals surface area contributed by atoms with E-state index in [9.17, 15) is 5.11 Å². The van der Waals surface area contributed by atoms with Crippen molar-refractivity contribution in [1.82, 2.24) is 14.5 Å². The molecular weight excluding hydrogens is 300 g/mol. The van der Waals surface area contributed by atoms with Gasteiger partial charge in [-0.2, -0.15) is 4.98 Å². The third-order valence-electron chi connectivity index (χ3n) is 4.83. The highest BCUT2D eigenvalue weighted by atomic mass is 16.3. The standard InChI is InChI=1S/C19H22N4O/c1-13-12-23(17-5-3-2-4-16(13)17)18-10-11-20-19(22-18)21-14-6-8-15(24)9-7-14/h2-5,10-12,14-15,24H,6-9H2,1H3,(H,20,21,22). The lowest BCUT2D eigenvalue weighted by Gasteiger charge is -2.26. The normalized spacial score (nSPS) is 21.1. The van der Waals surface area contributed by atoms with Crippen molar-refractivity contribution in [2.45, 2.75) is 44.8 Å². The molecule has 2 heterocycles. The van der Waals surface area contributed by atoms with Gasteiger partial charge in [0.15, 0.2) is 0 Å². The van der Waals surface area contributed by atoms with Crippen LogP contribution in [0.4, 0.5) is 5.95 Å². The average Bonchev–Trinajstić information content (AvgIpc) is 2.95. The minimum absolute atomic E-state index is 0.149. The summed E-state index contributed by atoms with van der Waals surface area (Å²) < 4.78 is 2.11. The molecule has 2 aromatic heterocycles. The molecule has 3 aromatic rings. The predicted molar refractivity (Wildman–Crippen MR) is 95.5 cm³/mol. The van der Waals surface area contributed by atoms with Crippen LogP contribution >= 0.6 is 0 Å². The molecule has 0 spiro atoms. The Bertz CT molecular complexity index is 849. The van der Waals surface area contributed by atoms with Gasteiger partial charge in [0.25, 0.3) is 0 Å². The number of para-hydroxylation sites is 1. The summed E-state index contributed by atoms with van der Waals surface area (Å²) in [7, 11) is 0. The smallest absolute Gasteiger partial charge is 0.224 e. The van der Waals surface area contributed by atoms with Gasteiger partial charge in [-0.3, -0.25) is 0 Å². The largest absolute Gasteiger partial charge is 0.393 e. The lowest BCUT2D eigenvalue weighted by atomic mass is 9.93. The average molecular weight is 322 g/mol. The first kappa shape index (κ1) is 15.1. The van der Waals surface area contributed by atoms with Gasteiger partial charge in [-0.15, -0.1) is 0 Å². The zero-order valence-corrected chi connectivity index (χ0v) is 13.8. The van der Waals surface area contributed by atoms with E-state index in [2.05, 4.69) is 46.2 Å². The van der Waals surface area contributed by atoms with Gasteiger partial charge in [0.05, 0.1) is 11.6 Å². The Morgan fingerprint density at radius 2 is 1.92 bits per heavy atom. The maximum absolute atomic E-state index is 9.63. The van der Waals surface area contributed by atoms with Gasteiger partial charge in [0, 0.05) is 23.8 Å². The number of nitrogens with one attached hydrogen (secondary N) is 1. The highest BCUT2D eigenvalue weighted by molar-refractivity contribution is 5.85. The summed E-state index contributed by atoms with van der Waals surface area (Å²) in [6, 6.07) is 10.6. The van der Waals surface area contributed by atoms with E-state index in [0.717, 1.165) is 37.0 Å². The Labute approximate surface area is 141 Å². The van der Waals surface area contributed by atoms with Gasteiger partial charge < -0.3 is 15.0 Å². The Hall–Kier alpha value is -2.40. The van der Waals surface area contributed by atoms with Crippen molar-refractivity contribution in [3.8, 4) is 5.82 Å².